The molecule has 0 radical (unpaired) electrons. The molecule has 136 valence electrons. The molecule has 0 spiro atoms. The number of halogens is 3. The fourth-order valence-electron chi connectivity index (χ4n) is 2.35. The molecule has 1 fully saturated rings. The van der Waals surface area contributed by atoms with E-state index in [4.69, 9.17) is 5.73 Å². The van der Waals surface area contributed by atoms with E-state index in [9.17, 15) is 14.0 Å². The van der Waals surface area contributed by atoms with Crippen LogP contribution in [-0.4, -0.2) is 60.4 Å². The van der Waals surface area contributed by atoms with Gasteiger partial charge in [-0.15, -0.1) is 24.8 Å². The number of nitrogens with two attached hydrogens (primary N) is 1. The lowest BCUT2D eigenvalue weighted by Crippen LogP contribution is -2.53. The van der Waals surface area contributed by atoms with Gasteiger partial charge >= 0.3 is 0 Å². The van der Waals surface area contributed by atoms with Gasteiger partial charge in [0.05, 0.1) is 12.6 Å². The number of anilines is 1. The van der Waals surface area contributed by atoms with Crippen molar-refractivity contribution in [1.82, 2.24) is 9.80 Å². The van der Waals surface area contributed by atoms with Gasteiger partial charge in [-0.3, -0.25) is 14.5 Å². The molecule has 1 aromatic carbocycles. The number of piperazine rings is 1. The molecular weight excluding hydrogens is 358 g/mol. The van der Waals surface area contributed by atoms with Crippen molar-refractivity contribution in [2.75, 3.05) is 38.0 Å². The van der Waals surface area contributed by atoms with Gasteiger partial charge in [0.1, 0.15) is 5.82 Å². The van der Waals surface area contributed by atoms with Crippen LogP contribution in [0.5, 0.6) is 0 Å². The molecule has 1 aliphatic rings. The number of rotatable bonds is 4. The minimum absolute atomic E-state index is 0. The molecule has 1 atom stereocenters. The molecule has 0 saturated carbocycles. The fourth-order valence-corrected chi connectivity index (χ4v) is 2.35. The van der Waals surface area contributed by atoms with E-state index in [0.29, 0.717) is 31.9 Å². The molecular formula is C15H23Cl2FN4O2. The highest BCUT2D eigenvalue weighted by atomic mass is 35.5. The molecule has 6 nitrogen and oxygen atoms in total. The first-order valence-electron chi connectivity index (χ1n) is 7.28. The summed E-state index contributed by atoms with van der Waals surface area (Å²) in [6.45, 7) is 4.33. The maximum Gasteiger partial charge on any atom is 0.239 e. The monoisotopic (exact) mass is 380 g/mol. The van der Waals surface area contributed by atoms with Crippen molar-refractivity contribution in [3.05, 3.63) is 30.1 Å². The minimum atomic E-state index is -0.492. The first kappa shape index (κ1) is 22.6. The number of amides is 2. The van der Waals surface area contributed by atoms with Gasteiger partial charge in [-0.1, -0.05) is 0 Å². The normalized spacial score (nSPS) is 15.7. The summed E-state index contributed by atoms with van der Waals surface area (Å²) in [7, 11) is 0. The Kier molecular flexibility index (Phi) is 9.84. The quantitative estimate of drug-likeness (QED) is 0.819. The highest BCUT2D eigenvalue weighted by Crippen LogP contribution is 2.09. The highest BCUT2D eigenvalue weighted by Gasteiger charge is 2.23. The molecule has 0 unspecified atom stereocenters. The summed E-state index contributed by atoms with van der Waals surface area (Å²) in [5, 5.41) is 2.72. The number of hydrogen-bond acceptors (Lipinski definition) is 4. The maximum absolute atomic E-state index is 12.8. The van der Waals surface area contributed by atoms with E-state index >= 15 is 0 Å². The van der Waals surface area contributed by atoms with Crippen LogP contribution in [0.3, 0.4) is 0 Å². The third kappa shape index (κ3) is 6.60. The van der Waals surface area contributed by atoms with Crippen LogP contribution in [0.25, 0.3) is 0 Å². The first-order chi connectivity index (χ1) is 10.5. The average Bonchev–Trinajstić information content (AvgIpc) is 2.49. The van der Waals surface area contributed by atoms with Gasteiger partial charge < -0.3 is 16.0 Å². The Bertz CT molecular complexity index is 535. The summed E-state index contributed by atoms with van der Waals surface area (Å²) in [5.41, 5.74) is 6.15. The number of nitrogens with one attached hydrogen (secondary N) is 1. The number of hydrogen-bond donors (Lipinski definition) is 2. The Morgan fingerprint density at radius 3 is 2.21 bits per heavy atom. The SMILES string of the molecule is C[C@@H](N)C(=O)N1CCN(CC(=O)Nc2ccc(F)cc2)CC1.Cl.Cl. The molecule has 1 saturated heterocycles. The van der Waals surface area contributed by atoms with Crippen LogP contribution in [0.15, 0.2) is 24.3 Å². The molecule has 1 aliphatic heterocycles. The van der Waals surface area contributed by atoms with Crippen molar-refractivity contribution >= 4 is 42.3 Å². The van der Waals surface area contributed by atoms with E-state index in [-0.39, 0.29) is 49.0 Å². The minimum Gasteiger partial charge on any atom is -0.339 e. The van der Waals surface area contributed by atoms with E-state index in [1.54, 1.807) is 11.8 Å². The second-order valence-corrected chi connectivity index (χ2v) is 5.45. The van der Waals surface area contributed by atoms with Crippen LogP contribution in [0.1, 0.15) is 6.92 Å². The topological polar surface area (TPSA) is 78.7 Å². The summed E-state index contributed by atoms with van der Waals surface area (Å²) >= 11 is 0. The third-order valence-corrected chi connectivity index (χ3v) is 3.57. The van der Waals surface area contributed by atoms with Gasteiger partial charge in [0.2, 0.25) is 11.8 Å². The lowest BCUT2D eigenvalue weighted by Gasteiger charge is -2.35. The van der Waals surface area contributed by atoms with Crippen LogP contribution in [0.4, 0.5) is 10.1 Å². The highest BCUT2D eigenvalue weighted by molar-refractivity contribution is 5.92. The van der Waals surface area contributed by atoms with Crippen LogP contribution < -0.4 is 11.1 Å². The molecule has 3 N–H and O–H groups in total. The smallest absolute Gasteiger partial charge is 0.239 e. The molecule has 1 heterocycles. The molecule has 24 heavy (non-hydrogen) atoms. The zero-order valence-electron chi connectivity index (χ0n) is 13.4. The maximum atomic E-state index is 12.8. The summed E-state index contributed by atoms with van der Waals surface area (Å²) in [5.74, 6) is -0.554. The van der Waals surface area contributed by atoms with E-state index in [0.717, 1.165) is 0 Å². The molecule has 0 aliphatic carbocycles. The molecule has 2 amide bonds. The molecule has 0 bridgehead atoms. The summed E-state index contributed by atoms with van der Waals surface area (Å²) in [4.78, 5) is 27.4. The third-order valence-electron chi connectivity index (χ3n) is 3.57. The van der Waals surface area contributed by atoms with Gasteiger partial charge in [-0.2, -0.15) is 0 Å². The van der Waals surface area contributed by atoms with Crippen LogP contribution in [-0.2, 0) is 9.59 Å². The lowest BCUT2D eigenvalue weighted by molar-refractivity contribution is -0.134. The summed E-state index contributed by atoms with van der Waals surface area (Å²) in [6, 6.07) is 5.15. The van der Waals surface area contributed by atoms with Gasteiger partial charge in [-0.25, -0.2) is 4.39 Å². The molecule has 2 rings (SSSR count). The van der Waals surface area contributed by atoms with E-state index in [1.807, 2.05) is 4.90 Å². The lowest BCUT2D eigenvalue weighted by atomic mass is 10.2. The zero-order valence-corrected chi connectivity index (χ0v) is 15.0. The van der Waals surface area contributed by atoms with E-state index in [1.165, 1.54) is 24.3 Å². The Morgan fingerprint density at radius 1 is 1.17 bits per heavy atom. The Morgan fingerprint density at radius 2 is 1.71 bits per heavy atom. The van der Waals surface area contributed by atoms with Crippen LogP contribution >= 0.6 is 24.8 Å². The predicted octanol–water partition coefficient (Wildman–Crippen LogP) is 1.10. The number of nitrogens with zero attached hydrogens (tertiary/aromatic N) is 2. The van der Waals surface area contributed by atoms with Crippen molar-refractivity contribution < 1.29 is 14.0 Å². The largest absolute Gasteiger partial charge is 0.339 e. The van der Waals surface area contributed by atoms with Gasteiger partial charge in [0, 0.05) is 31.9 Å². The van der Waals surface area contributed by atoms with Gasteiger partial charge in [-0.05, 0) is 31.2 Å². The van der Waals surface area contributed by atoms with Crippen molar-refractivity contribution in [2.45, 2.75) is 13.0 Å². The first-order valence-corrected chi connectivity index (χ1v) is 7.28. The van der Waals surface area contributed by atoms with E-state index in [2.05, 4.69) is 5.32 Å². The molecule has 0 aromatic heterocycles. The average molecular weight is 381 g/mol. The van der Waals surface area contributed by atoms with Crippen molar-refractivity contribution in [2.24, 2.45) is 5.73 Å². The van der Waals surface area contributed by atoms with Crippen molar-refractivity contribution in [3.8, 4) is 0 Å². The summed E-state index contributed by atoms with van der Waals surface area (Å²) in [6.07, 6.45) is 0. The Hall–Kier alpha value is -1.41. The standard InChI is InChI=1S/C15H21FN4O2.2ClH/c1-11(17)15(22)20-8-6-19(7-9-20)10-14(21)18-13-4-2-12(16)3-5-13;;/h2-5,11H,6-10,17H2,1H3,(H,18,21);2*1H/t11-;;/m1../s1. The van der Waals surface area contributed by atoms with Crippen LogP contribution in [0, 0.1) is 5.82 Å². The Balaban J connectivity index is 0.00000264. The predicted molar refractivity (Wildman–Crippen MR) is 96.2 cm³/mol. The van der Waals surface area contributed by atoms with Crippen LogP contribution in [0.2, 0.25) is 0 Å². The summed E-state index contributed by atoms with van der Waals surface area (Å²) < 4.78 is 12.8. The zero-order chi connectivity index (χ0) is 16.1. The van der Waals surface area contributed by atoms with Gasteiger partial charge in [0.15, 0.2) is 0 Å². The number of carbonyl (C=O) groups excluding carboxylic acids is 2. The Labute approximate surface area is 153 Å². The van der Waals surface area contributed by atoms with Crippen molar-refractivity contribution in [3.63, 3.8) is 0 Å². The second kappa shape index (κ2) is 10.5. The fraction of sp³-hybridized carbons (Fsp3) is 0.467. The van der Waals surface area contributed by atoms with Crippen molar-refractivity contribution in [1.29, 1.82) is 0 Å². The number of carbonyl (C=O) groups is 2. The second-order valence-electron chi connectivity index (χ2n) is 5.45. The number of benzene rings is 1. The molecule has 9 heteroatoms. The molecule has 1 aromatic rings. The van der Waals surface area contributed by atoms with E-state index < -0.39 is 6.04 Å². The van der Waals surface area contributed by atoms with Gasteiger partial charge in [0.25, 0.3) is 0 Å².